The molecule has 0 spiro atoms. The smallest absolute Gasteiger partial charge is 0.488 e. The van der Waals surface area contributed by atoms with Crippen LogP contribution in [0.5, 0.6) is 11.5 Å². The lowest BCUT2D eigenvalue weighted by Gasteiger charge is -2.29. The Morgan fingerprint density at radius 1 is 1.00 bits per heavy atom. The van der Waals surface area contributed by atoms with Gasteiger partial charge in [-0.2, -0.15) is 8.42 Å². The fraction of sp³-hybridized carbons (Fsp3) is 0.294. The molecule has 0 aromatic heterocycles. The predicted octanol–water partition coefficient (Wildman–Crippen LogP) is 2.97. The van der Waals surface area contributed by atoms with Gasteiger partial charge in [-0.05, 0) is 36.4 Å². The van der Waals surface area contributed by atoms with Crippen molar-refractivity contribution in [3.8, 4) is 11.5 Å². The highest BCUT2D eigenvalue weighted by atomic mass is 32.3. The molecule has 0 N–H and O–H groups in total. The normalized spacial score (nSPS) is 14.9. The van der Waals surface area contributed by atoms with Crippen LogP contribution in [0.1, 0.15) is 5.56 Å². The Labute approximate surface area is 154 Å². The van der Waals surface area contributed by atoms with E-state index in [4.69, 9.17) is 9.47 Å². The van der Waals surface area contributed by atoms with Gasteiger partial charge in [0, 0.05) is 18.8 Å². The summed E-state index contributed by atoms with van der Waals surface area (Å²) >= 11 is 0. The van der Waals surface area contributed by atoms with E-state index in [1.807, 2.05) is 4.90 Å². The molecule has 0 radical (unpaired) electrons. The average Bonchev–Trinajstić information content (AvgIpc) is 2.62. The van der Waals surface area contributed by atoms with Gasteiger partial charge in [0.1, 0.15) is 29.7 Å². The number of ether oxygens (including phenoxy) is 2. The largest absolute Gasteiger partial charge is 0.489 e. The lowest BCUT2D eigenvalue weighted by molar-refractivity contribution is 0.122. The number of nitrogens with zero attached hydrogens (tertiary/aromatic N) is 1. The Morgan fingerprint density at radius 2 is 1.56 bits per heavy atom. The lowest BCUT2D eigenvalue weighted by Crippen LogP contribution is -2.36. The summed E-state index contributed by atoms with van der Waals surface area (Å²) in [5.74, 6) is -1.52. The van der Waals surface area contributed by atoms with Crippen LogP contribution in [0.3, 0.4) is 0 Å². The van der Waals surface area contributed by atoms with E-state index < -0.39 is 22.1 Å². The molecule has 146 valence electrons. The van der Waals surface area contributed by atoms with Crippen LogP contribution >= 0.6 is 0 Å². The van der Waals surface area contributed by atoms with Gasteiger partial charge in [-0.1, -0.05) is 3.89 Å². The SMILES string of the molecule is O=S(=O)(F)Oc1ccc(OCc2c(F)cc(N3CCOCC3)cc2F)cc1. The molecule has 1 heterocycles. The van der Waals surface area contributed by atoms with Gasteiger partial charge in [-0.15, -0.1) is 0 Å². The molecular weight excluding hydrogens is 387 g/mol. The fourth-order valence-corrected chi connectivity index (χ4v) is 2.93. The minimum absolute atomic E-state index is 0.203. The molecule has 6 nitrogen and oxygen atoms in total. The molecule has 10 heteroatoms. The minimum atomic E-state index is -5.12. The highest BCUT2D eigenvalue weighted by Gasteiger charge is 2.17. The third-order valence-electron chi connectivity index (χ3n) is 3.90. The quantitative estimate of drug-likeness (QED) is 0.691. The molecule has 2 aromatic rings. The summed E-state index contributed by atoms with van der Waals surface area (Å²) in [6.07, 6.45) is 0. The molecule has 1 aliphatic heterocycles. The van der Waals surface area contributed by atoms with Crippen molar-refractivity contribution in [3.63, 3.8) is 0 Å². The van der Waals surface area contributed by atoms with E-state index in [0.717, 1.165) is 12.1 Å². The van der Waals surface area contributed by atoms with Crippen LogP contribution in [0.2, 0.25) is 0 Å². The van der Waals surface area contributed by atoms with E-state index >= 15 is 0 Å². The number of hydrogen-bond acceptors (Lipinski definition) is 6. The van der Waals surface area contributed by atoms with Crippen molar-refractivity contribution in [2.75, 3.05) is 31.2 Å². The third kappa shape index (κ3) is 5.27. The summed E-state index contributed by atoms with van der Waals surface area (Å²) in [6.45, 7) is 1.73. The molecule has 0 saturated carbocycles. The summed E-state index contributed by atoms with van der Waals surface area (Å²) in [6, 6.07) is 7.38. The van der Waals surface area contributed by atoms with Crippen LogP contribution in [-0.2, 0) is 21.8 Å². The maximum atomic E-state index is 14.3. The maximum Gasteiger partial charge on any atom is 0.488 e. The number of anilines is 1. The second-order valence-electron chi connectivity index (χ2n) is 5.72. The Morgan fingerprint density at radius 3 is 2.11 bits per heavy atom. The Balaban J connectivity index is 1.67. The number of benzene rings is 2. The molecular formula is C17H16F3NO5S. The molecule has 1 fully saturated rings. The molecule has 0 aliphatic carbocycles. The zero-order valence-corrected chi connectivity index (χ0v) is 14.8. The molecule has 27 heavy (non-hydrogen) atoms. The topological polar surface area (TPSA) is 65.1 Å². The summed E-state index contributed by atoms with van der Waals surface area (Å²) in [5.41, 5.74) is 0.199. The zero-order valence-electron chi connectivity index (χ0n) is 14.0. The standard InChI is InChI=1S/C17H16F3NO5S/c18-16-9-12(21-5-7-24-8-6-21)10-17(19)15(16)11-25-13-1-3-14(4-2-13)26-27(20,22)23/h1-4,9-10H,5-8,11H2. The van der Waals surface area contributed by atoms with Gasteiger partial charge in [-0.25, -0.2) is 8.78 Å². The van der Waals surface area contributed by atoms with E-state index in [1.165, 1.54) is 24.3 Å². The average molecular weight is 403 g/mol. The van der Waals surface area contributed by atoms with Crippen molar-refractivity contribution >= 4 is 16.2 Å². The van der Waals surface area contributed by atoms with Crippen LogP contribution < -0.4 is 13.8 Å². The van der Waals surface area contributed by atoms with Gasteiger partial charge in [0.05, 0.1) is 18.8 Å². The van der Waals surface area contributed by atoms with Gasteiger partial charge in [0.2, 0.25) is 0 Å². The monoisotopic (exact) mass is 403 g/mol. The van der Waals surface area contributed by atoms with Crippen molar-refractivity contribution in [1.82, 2.24) is 0 Å². The molecule has 0 atom stereocenters. The van der Waals surface area contributed by atoms with Crippen LogP contribution in [-0.4, -0.2) is 34.7 Å². The van der Waals surface area contributed by atoms with Crippen LogP contribution in [0, 0.1) is 11.6 Å². The van der Waals surface area contributed by atoms with Crippen molar-refractivity contribution in [3.05, 3.63) is 53.6 Å². The molecule has 0 bridgehead atoms. The molecule has 0 amide bonds. The van der Waals surface area contributed by atoms with Gasteiger partial charge in [-0.3, -0.25) is 0 Å². The van der Waals surface area contributed by atoms with Gasteiger partial charge in [0.15, 0.2) is 0 Å². The Kier molecular flexibility index (Phi) is 5.76. The van der Waals surface area contributed by atoms with E-state index in [1.54, 1.807) is 0 Å². The zero-order chi connectivity index (χ0) is 19.4. The number of hydrogen-bond donors (Lipinski definition) is 0. The molecule has 3 rings (SSSR count). The fourth-order valence-electron chi connectivity index (χ4n) is 2.59. The van der Waals surface area contributed by atoms with Gasteiger partial charge in [0.25, 0.3) is 0 Å². The minimum Gasteiger partial charge on any atom is -0.489 e. The van der Waals surface area contributed by atoms with Crippen molar-refractivity contribution in [2.24, 2.45) is 0 Å². The van der Waals surface area contributed by atoms with Crippen LogP contribution in [0.15, 0.2) is 36.4 Å². The summed E-state index contributed by atoms with van der Waals surface area (Å²) < 4.78 is 76.4. The Hall–Kier alpha value is -2.46. The second-order valence-corrected chi connectivity index (χ2v) is 6.68. The summed E-state index contributed by atoms with van der Waals surface area (Å²) in [7, 11) is -5.12. The van der Waals surface area contributed by atoms with E-state index in [9.17, 15) is 21.1 Å². The Bertz CT molecular complexity index is 876. The third-order valence-corrected chi connectivity index (χ3v) is 4.30. The number of rotatable bonds is 6. The second kappa shape index (κ2) is 8.05. The first-order valence-corrected chi connectivity index (χ1v) is 9.30. The molecule has 1 aliphatic rings. The highest BCUT2D eigenvalue weighted by molar-refractivity contribution is 7.81. The van der Waals surface area contributed by atoms with Crippen molar-refractivity contribution < 1.29 is 34.7 Å². The number of morpholine rings is 1. The first kappa shape index (κ1) is 19.3. The van der Waals surface area contributed by atoms with Crippen molar-refractivity contribution in [1.29, 1.82) is 0 Å². The molecule has 0 unspecified atom stereocenters. The molecule has 2 aromatic carbocycles. The van der Waals surface area contributed by atoms with E-state index in [-0.39, 0.29) is 23.7 Å². The van der Waals surface area contributed by atoms with E-state index in [2.05, 4.69) is 4.18 Å². The maximum absolute atomic E-state index is 14.3. The first-order chi connectivity index (χ1) is 12.8. The highest BCUT2D eigenvalue weighted by Crippen LogP contribution is 2.25. The predicted molar refractivity (Wildman–Crippen MR) is 90.8 cm³/mol. The van der Waals surface area contributed by atoms with Gasteiger partial charge >= 0.3 is 10.5 Å². The lowest BCUT2D eigenvalue weighted by atomic mass is 10.1. The summed E-state index contributed by atoms with van der Waals surface area (Å²) in [5, 5.41) is 0. The van der Waals surface area contributed by atoms with E-state index in [0.29, 0.717) is 32.0 Å². The van der Waals surface area contributed by atoms with Crippen molar-refractivity contribution in [2.45, 2.75) is 6.61 Å². The van der Waals surface area contributed by atoms with Crippen LogP contribution in [0.25, 0.3) is 0 Å². The van der Waals surface area contributed by atoms with Gasteiger partial charge < -0.3 is 18.6 Å². The first-order valence-electron chi connectivity index (χ1n) is 7.99. The summed E-state index contributed by atoms with van der Waals surface area (Å²) in [4.78, 5) is 1.83. The van der Waals surface area contributed by atoms with Crippen LogP contribution in [0.4, 0.5) is 18.4 Å². The number of halogens is 3. The molecule has 1 saturated heterocycles.